The van der Waals surface area contributed by atoms with Crippen molar-refractivity contribution in [2.45, 2.75) is 51.2 Å². The fourth-order valence-corrected chi connectivity index (χ4v) is 5.11. The van der Waals surface area contributed by atoms with Gasteiger partial charge in [-0.1, -0.05) is 12.1 Å². The van der Waals surface area contributed by atoms with Crippen molar-refractivity contribution in [2.75, 3.05) is 32.8 Å². The van der Waals surface area contributed by atoms with Crippen LogP contribution in [0.15, 0.2) is 36.4 Å². The number of halogens is 2. The first kappa shape index (κ1) is 27.7. The van der Waals surface area contributed by atoms with Crippen molar-refractivity contribution in [3.63, 3.8) is 0 Å². The van der Waals surface area contributed by atoms with E-state index in [9.17, 15) is 19.2 Å². The van der Waals surface area contributed by atoms with Crippen LogP contribution in [0.4, 0.5) is 8.78 Å². The van der Waals surface area contributed by atoms with Crippen LogP contribution in [0.1, 0.15) is 55.5 Å². The molecule has 0 bridgehead atoms. The number of nitriles is 1. The summed E-state index contributed by atoms with van der Waals surface area (Å²) in [5.74, 6) is -2.11. The molecule has 2 aliphatic heterocycles. The zero-order valence-corrected chi connectivity index (χ0v) is 21.9. The predicted molar refractivity (Wildman–Crippen MR) is 140 cm³/mol. The van der Waals surface area contributed by atoms with Gasteiger partial charge in [0.25, 0.3) is 5.91 Å². The van der Waals surface area contributed by atoms with Crippen LogP contribution in [-0.4, -0.2) is 61.2 Å². The van der Waals surface area contributed by atoms with Crippen molar-refractivity contribution in [1.29, 1.82) is 5.26 Å². The maximum Gasteiger partial charge on any atom is 0.261 e. The first-order chi connectivity index (χ1) is 18.1. The number of piperidine rings is 1. The van der Waals surface area contributed by atoms with Crippen molar-refractivity contribution in [3.05, 3.63) is 53.3 Å². The summed E-state index contributed by atoms with van der Waals surface area (Å²) >= 11 is 0. The van der Waals surface area contributed by atoms with Gasteiger partial charge in [-0.15, -0.1) is 0 Å². The highest BCUT2D eigenvalue weighted by Gasteiger charge is 2.29. The van der Waals surface area contributed by atoms with Gasteiger partial charge in [-0.3, -0.25) is 14.9 Å². The summed E-state index contributed by atoms with van der Waals surface area (Å²) in [7, 11) is 0. The summed E-state index contributed by atoms with van der Waals surface area (Å²) < 4.78 is 35.7. The number of rotatable bonds is 8. The molecule has 0 radical (unpaired) electrons. The summed E-state index contributed by atoms with van der Waals surface area (Å²) in [6, 6.07) is 11.1. The average Bonchev–Trinajstić information content (AvgIpc) is 3.43. The molecule has 38 heavy (non-hydrogen) atoms. The largest absolute Gasteiger partial charge is 0.490 e. The van der Waals surface area contributed by atoms with Crippen LogP contribution in [0.3, 0.4) is 0 Å². The van der Waals surface area contributed by atoms with Crippen LogP contribution in [-0.2, 0) is 4.79 Å². The Morgan fingerprint density at radius 1 is 1.21 bits per heavy atom. The Labute approximate surface area is 222 Å². The number of hydrogen-bond donors (Lipinski definition) is 2. The number of hydrogen-bond acceptors (Lipinski definition) is 6. The Morgan fingerprint density at radius 2 is 1.97 bits per heavy atom. The van der Waals surface area contributed by atoms with Crippen molar-refractivity contribution < 1.29 is 23.1 Å². The second kappa shape index (κ2) is 12.0. The minimum atomic E-state index is -1.26. The molecule has 7 nitrogen and oxygen atoms in total. The first-order valence-corrected chi connectivity index (χ1v) is 13.1. The molecule has 0 aromatic heterocycles. The monoisotopic (exact) mass is 524 g/mol. The minimum absolute atomic E-state index is 0.0749. The van der Waals surface area contributed by atoms with Gasteiger partial charge in [0.15, 0.2) is 11.6 Å². The Hall–Kier alpha value is -3.35. The number of nitrogens with zero attached hydrogens (tertiary/aromatic N) is 2. The van der Waals surface area contributed by atoms with E-state index < -0.39 is 29.3 Å². The van der Waals surface area contributed by atoms with Crippen molar-refractivity contribution in [3.8, 4) is 22.9 Å². The number of nitrogens with one attached hydrogen (secondary N) is 2. The Morgan fingerprint density at radius 3 is 2.63 bits per heavy atom. The van der Waals surface area contributed by atoms with Crippen LogP contribution >= 0.6 is 0 Å². The van der Waals surface area contributed by atoms with E-state index in [0.717, 1.165) is 32.4 Å². The molecule has 2 fully saturated rings. The lowest BCUT2D eigenvalue weighted by molar-refractivity contribution is -0.121. The van der Waals surface area contributed by atoms with E-state index in [1.165, 1.54) is 6.07 Å². The number of likely N-dealkylation sites (tertiary alicyclic amines) is 1. The molecule has 2 saturated heterocycles. The first-order valence-electron chi connectivity index (χ1n) is 13.1. The molecule has 2 amide bonds. The normalized spacial score (nSPS) is 18.7. The molecule has 2 heterocycles. The SMILES string of the molecule is CC(C)(F)CN1CCC(COc2ccc(-c3cccc(C#N)c3)c(C(=O)NC(=O)[C@@H]3CCCN3)c2F)CC1. The van der Waals surface area contributed by atoms with Gasteiger partial charge in [0, 0.05) is 6.54 Å². The van der Waals surface area contributed by atoms with Gasteiger partial charge < -0.3 is 15.0 Å². The van der Waals surface area contributed by atoms with Crippen LogP contribution in [0, 0.1) is 23.1 Å². The summed E-state index contributed by atoms with van der Waals surface area (Å²) in [5.41, 5.74) is -0.451. The molecule has 2 N–H and O–H groups in total. The number of carbonyl (C=O) groups is 2. The average molecular weight is 525 g/mol. The van der Waals surface area contributed by atoms with Gasteiger partial charge in [-0.2, -0.15) is 5.26 Å². The summed E-state index contributed by atoms with van der Waals surface area (Å²) in [6.07, 6.45) is 3.02. The molecule has 0 saturated carbocycles. The van der Waals surface area contributed by atoms with Crippen molar-refractivity contribution in [1.82, 2.24) is 15.5 Å². The van der Waals surface area contributed by atoms with E-state index in [0.29, 0.717) is 30.6 Å². The van der Waals surface area contributed by atoms with E-state index in [4.69, 9.17) is 4.74 Å². The highest BCUT2D eigenvalue weighted by molar-refractivity contribution is 6.10. The maximum absolute atomic E-state index is 15.9. The zero-order chi connectivity index (χ0) is 27.3. The van der Waals surface area contributed by atoms with Crippen molar-refractivity contribution in [2.24, 2.45) is 5.92 Å². The molecule has 4 rings (SSSR count). The third-order valence-corrected chi connectivity index (χ3v) is 7.03. The van der Waals surface area contributed by atoms with Crippen LogP contribution in [0.5, 0.6) is 5.75 Å². The topological polar surface area (TPSA) is 94.5 Å². The molecule has 202 valence electrons. The van der Waals surface area contributed by atoms with E-state index in [2.05, 4.69) is 15.5 Å². The standard InChI is InChI=1S/C29H34F2N4O3/c1-29(2,31)18-35-13-10-19(11-14-35)17-38-24-9-8-22(21-6-3-5-20(15-21)16-32)25(26(24)30)28(37)34-27(36)23-7-4-12-33-23/h3,5-6,8-9,15,19,23,33H,4,7,10-14,17-18H2,1-2H3,(H,34,36,37)/t23-/m0/s1. The number of carbonyl (C=O) groups excluding carboxylic acids is 2. The quantitative estimate of drug-likeness (QED) is 0.503. The third-order valence-electron chi connectivity index (χ3n) is 7.03. The lowest BCUT2D eigenvalue weighted by atomic mass is 9.96. The molecule has 2 aromatic rings. The number of alkyl halides is 1. The number of benzene rings is 2. The Bertz CT molecular complexity index is 1210. The third kappa shape index (κ3) is 6.94. The fraction of sp³-hybridized carbons (Fsp3) is 0.483. The van der Waals surface area contributed by atoms with Gasteiger partial charge >= 0.3 is 0 Å². The number of imide groups is 1. The molecule has 0 spiro atoms. The zero-order valence-electron chi connectivity index (χ0n) is 21.9. The Balaban J connectivity index is 1.53. The van der Waals surface area contributed by atoms with Gasteiger partial charge in [-0.25, -0.2) is 8.78 Å². The van der Waals surface area contributed by atoms with Crippen LogP contribution in [0.25, 0.3) is 11.1 Å². The van der Waals surface area contributed by atoms with E-state index in [1.807, 2.05) is 6.07 Å². The smallest absolute Gasteiger partial charge is 0.261 e. The highest BCUT2D eigenvalue weighted by atomic mass is 19.1. The van der Waals surface area contributed by atoms with Gasteiger partial charge in [0.05, 0.1) is 29.8 Å². The molecule has 2 aliphatic rings. The van der Waals surface area contributed by atoms with Crippen molar-refractivity contribution >= 4 is 11.8 Å². The highest BCUT2D eigenvalue weighted by Crippen LogP contribution is 2.33. The molecule has 9 heteroatoms. The Kier molecular flexibility index (Phi) is 8.75. The van der Waals surface area contributed by atoms with Crippen LogP contribution in [0.2, 0.25) is 0 Å². The van der Waals surface area contributed by atoms with E-state index in [1.54, 1.807) is 44.2 Å². The van der Waals surface area contributed by atoms with Crippen LogP contribution < -0.4 is 15.4 Å². The van der Waals surface area contributed by atoms with E-state index in [-0.39, 0.29) is 29.4 Å². The van der Waals surface area contributed by atoms with Gasteiger partial charge in [-0.05, 0) is 100 Å². The molecular formula is C29H34F2N4O3. The second-order valence-corrected chi connectivity index (χ2v) is 10.7. The minimum Gasteiger partial charge on any atom is -0.490 e. The summed E-state index contributed by atoms with van der Waals surface area (Å²) in [4.78, 5) is 27.9. The summed E-state index contributed by atoms with van der Waals surface area (Å²) in [6.45, 7) is 5.93. The lowest BCUT2D eigenvalue weighted by Crippen LogP contribution is -2.43. The number of ether oxygens (including phenoxy) is 1. The molecule has 2 aromatic carbocycles. The second-order valence-electron chi connectivity index (χ2n) is 10.7. The molecule has 0 aliphatic carbocycles. The maximum atomic E-state index is 15.9. The van der Waals surface area contributed by atoms with E-state index >= 15 is 4.39 Å². The van der Waals surface area contributed by atoms with Gasteiger partial charge in [0.1, 0.15) is 5.67 Å². The predicted octanol–water partition coefficient (Wildman–Crippen LogP) is 4.21. The number of amides is 2. The fourth-order valence-electron chi connectivity index (χ4n) is 5.11. The summed E-state index contributed by atoms with van der Waals surface area (Å²) in [5, 5.41) is 14.7. The van der Waals surface area contributed by atoms with Gasteiger partial charge in [0.2, 0.25) is 5.91 Å². The molecular weight excluding hydrogens is 490 g/mol. The molecule has 1 atom stereocenters. The molecule has 0 unspecified atom stereocenters. The lowest BCUT2D eigenvalue weighted by Gasteiger charge is -2.34.